The van der Waals surface area contributed by atoms with Crippen molar-refractivity contribution in [1.82, 2.24) is 14.8 Å². The monoisotopic (exact) mass is 259 g/mol. The van der Waals surface area contributed by atoms with Crippen molar-refractivity contribution in [2.75, 3.05) is 26.7 Å². The largest absolute Gasteiger partial charge is 0.395 e. The number of aromatic amines is 1. The fraction of sp³-hybridized carbons (Fsp3) is 0.357. The summed E-state index contributed by atoms with van der Waals surface area (Å²) in [6.45, 7) is 1.01. The van der Waals surface area contributed by atoms with Crippen LogP contribution in [-0.4, -0.2) is 52.7 Å². The van der Waals surface area contributed by atoms with Crippen LogP contribution >= 0.6 is 0 Å². The molecule has 5 nitrogen and oxygen atoms in total. The first kappa shape index (κ1) is 12.0. The Kier molecular flexibility index (Phi) is 2.91. The average Bonchev–Trinajstić information content (AvgIpc) is 2.95. The number of nitrogens with one attached hydrogen (secondary N) is 1. The fourth-order valence-electron chi connectivity index (χ4n) is 2.78. The molecule has 0 aliphatic carbocycles. The van der Waals surface area contributed by atoms with E-state index in [9.17, 15) is 4.79 Å². The van der Waals surface area contributed by atoms with Gasteiger partial charge in [-0.1, -0.05) is 18.2 Å². The van der Waals surface area contributed by atoms with E-state index in [1.807, 2.05) is 24.4 Å². The van der Waals surface area contributed by atoms with Gasteiger partial charge in [0.15, 0.2) is 0 Å². The van der Waals surface area contributed by atoms with Crippen LogP contribution in [0, 0.1) is 0 Å². The highest BCUT2D eigenvalue weighted by atomic mass is 16.3. The first-order valence-corrected chi connectivity index (χ1v) is 6.41. The number of nitrogens with zero attached hydrogens (tertiary/aromatic N) is 2. The van der Waals surface area contributed by atoms with Crippen LogP contribution in [-0.2, 0) is 0 Å². The third-order valence-corrected chi connectivity index (χ3v) is 3.72. The molecular weight excluding hydrogens is 242 g/mol. The molecule has 1 saturated heterocycles. The number of urea groups is 1. The number of likely N-dealkylation sites (N-methyl/N-ethyl adjacent to an activating group) is 1. The lowest BCUT2D eigenvalue weighted by atomic mass is 10.1. The SMILES string of the molecule is CN1CC(c2c[nH]c3ccccc23)N(CCO)C1=O. The summed E-state index contributed by atoms with van der Waals surface area (Å²) in [5, 5.41) is 10.3. The van der Waals surface area contributed by atoms with Crippen molar-refractivity contribution in [3.05, 3.63) is 36.0 Å². The lowest BCUT2D eigenvalue weighted by Crippen LogP contribution is -2.33. The Bertz CT molecular complexity index is 608. The predicted molar refractivity (Wildman–Crippen MR) is 72.9 cm³/mol. The quantitative estimate of drug-likeness (QED) is 0.879. The van der Waals surface area contributed by atoms with E-state index in [-0.39, 0.29) is 18.7 Å². The van der Waals surface area contributed by atoms with E-state index in [0.717, 1.165) is 16.5 Å². The zero-order chi connectivity index (χ0) is 13.4. The lowest BCUT2D eigenvalue weighted by molar-refractivity contribution is 0.172. The van der Waals surface area contributed by atoms with Crippen LogP contribution in [0.5, 0.6) is 0 Å². The number of carbonyl (C=O) groups excluding carboxylic acids is 1. The van der Waals surface area contributed by atoms with Crippen LogP contribution in [0.15, 0.2) is 30.5 Å². The van der Waals surface area contributed by atoms with Gasteiger partial charge in [-0.2, -0.15) is 0 Å². The number of benzene rings is 1. The first-order chi connectivity index (χ1) is 9.22. The molecule has 1 unspecified atom stereocenters. The third kappa shape index (κ3) is 1.86. The summed E-state index contributed by atoms with van der Waals surface area (Å²) in [6.07, 6.45) is 1.96. The van der Waals surface area contributed by atoms with E-state index in [0.29, 0.717) is 13.1 Å². The zero-order valence-corrected chi connectivity index (χ0v) is 10.8. The number of rotatable bonds is 3. The fourth-order valence-corrected chi connectivity index (χ4v) is 2.78. The Morgan fingerprint density at radius 2 is 2.21 bits per heavy atom. The maximum Gasteiger partial charge on any atom is 0.320 e. The molecule has 1 aromatic carbocycles. The number of aromatic nitrogens is 1. The van der Waals surface area contributed by atoms with Crippen LogP contribution < -0.4 is 0 Å². The van der Waals surface area contributed by atoms with Crippen LogP contribution in [0.2, 0.25) is 0 Å². The highest BCUT2D eigenvalue weighted by molar-refractivity contribution is 5.85. The van der Waals surface area contributed by atoms with Gasteiger partial charge >= 0.3 is 6.03 Å². The van der Waals surface area contributed by atoms with Crippen molar-refractivity contribution >= 4 is 16.9 Å². The number of β-amino-alcohol motifs (C(OH)–C–C–N with tert-alkyl or cyclic N) is 1. The highest BCUT2D eigenvalue weighted by Crippen LogP contribution is 2.33. The molecule has 2 aromatic rings. The van der Waals surface area contributed by atoms with Crippen molar-refractivity contribution in [2.24, 2.45) is 0 Å². The Morgan fingerprint density at radius 3 is 3.00 bits per heavy atom. The van der Waals surface area contributed by atoms with Gasteiger partial charge in [-0.15, -0.1) is 0 Å². The van der Waals surface area contributed by atoms with Crippen molar-refractivity contribution < 1.29 is 9.90 Å². The molecule has 1 aliphatic rings. The Labute approximate surface area is 111 Å². The van der Waals surface area contributed by atoms with Crippen molar-refractivity contribution in [2.45, 2.75) is 6.04 Å². The smallest absolute Gasteiger partial charge is 0.320 e. The second-order valence-corrected chi connectivity index (χ2v) is 4.89. The van der Waals surface area contributed by atoms with Crippen LogP contribution in [0.3, 0.4) is 0 Å². The van der Waals surface area contributed by atoms with Gasteiger partial charge in [0.2, 0.25) is 0 Å². The van der Waals surface area contributed by atoms with Gasteiger partial charge in [-0.3, -0.25) is 0 Å². The third-order valence-electron chi connectivity index (χ3n) is 3.72. The van der Waals surface area contributed by atoms with Gasteiger partial charge in [-0.05, 0) is 6.07 Å². The number of amides is 2. The predicted octanol–water partition coefficient (Wildman–Crippen LogP) is 1.57. The van der Waals surface area contributed by atoms with Gasteiger partial charge < -0.3 is 19.9 Å². The average molecular weight is 259 g/mol. The molecule has 0 spiro atoms. The summed E-state index contributed by atoms with van der Waals surface area (Å²) in [4.78, 5) is 18.7. The van der Waals surface area contributed by atoms with Gasteiger partial charge in [0.05, 0.1) is 12.6 Å². The molecule has 3 rings (SSSR count). The Morgan fingerprint density at radius 1 is 1.42 bits per heavy atom. The summed E-state index contributed by atoms with van der Waals surface area (Å²) >= 11 is 0. The van der Waals surface area contributed by atoms with Crippen LogP contribution in [0.25, 0.3) is 10.9 Å². The molecule has 2 heterocycles. The van der Waals surface area contributed by atoms with E-state index >= 15 is 0 Å². The molecule has 100 valence electrons. The molecule has 0 bridgehead atoms. The van der Waals surface area contributed by atoms with Crippen molar-refractivity contribution in [1.29, 1.82) is 0 Å². The molecule has 1 aliphatic heterocycles. The van der Waals surface area contributed by atoms with E-state index in [2.05, 4.69) is 11.1 Å². The van der Waals surface area contributed by atoms with E-state index in [1.165, 1.54) is 0 Å². The number of fused-ring (bicyclic) bond motifs is 1. The molecule has 0 radical (unpaired) electrons. The first-order valence-electron chi connectivity index (χ1n) is 6.41. The standard InChI is InChI=1S/C14H17N3O2/c1-16-9-13(17(6-7-18)14(16)19)11-8-15-12-5-3-2-4-10(11)12/h2-5,8,13,15,18H,6-7,9H2,1H3. The van der Waals surface area contributed by atoms with Crippen molar-refractivity contribution in [3.63, 3.8) is 0 Å². The topological polar surface area (TPSA) is 59.6 Å². The van der Waals surface area contributed by atoms with Crippen LogP contribution in [0.4, 0.5) is 4.79 Å². The van der Waals surface area contributed by atoms with Crippen molar-refractivity contribution in [3.8, 4) is 0 Å². The molecule has 1 aromatic heterocycles. The van der Waals surface area contributed by atoms with E-state index in [1.54, 1.807) is 16.8 Å². The number of H-pyrrole nitrogens is 1. The number of aliphatic hydroxyl groups excluding tert-OH is 1. The highest BCUT2D eigenvalue weighted by Gasteiger charge is 2.36. The number of para-hydroxylation sites is 1. The Hall–Kier alpha value is -2.01. The number of carbonyl (C=O) groups is 1. The maximum atomic E-state index is 12.1. The van der Waals surface area contributed by atoms with E-state index in [4.69, 9.17) is 5.11 Å². The molecule has 5 heteroatoms. The van der Waals surface area contributed by atoms with Gasteiger partial charge in [0.1, 0.15) is 0 Å². The molecule has 2 N–H and O–H groups in total. The summed E-state index contributed by atoms with van der Waals surface area (Å²) < 4.78 is 0. The molecule has 0 saturated carbocycles. The summed E-state index contributed by atoms with van der Waals surface area (Å²) in [5.74, 6) is 0. The molecular formula is C14H17N3O2. The minimum Gasteiger partial charge on any atom is -0.395 e. The van der Waals surface area contributed by atoms with Gasteiger partial charge in [-0.25, -0.2) is 4.79 Å². The van der Waals surface area contributed by atoms with E-state index < -0.39 is 0 Å². The summed E-state index contributed by atoms with van der Waals surface area (Å²) in [6, 6.07) is 8.04. The minimum absolute atomic E-state index is 0.000741. The minimum atomic E-state index is -0.0238. The Balaban J connectivity index is 2.02. The lowest BCUT2D eigenvalue weighted by Gasteiger charge is -2.21. The molecule has 2 amide bonds. The zero-order valence-electron chi connectivity index (χ0n) is 10.8. The summed E-state index contributed by atoms with van der Waals surface area (Å²) in [5.41, 5.74) is 2.19. The maximum absolute atomic E-state index is 12.1. The van der Waals surface area contributed by atoms with Gasteiger partial charge in [0, 0.05) is 42.8 Å². The van der Waals surface area contributed by atoms with Crippen LogP contribution in [0.1, 0.15) is 11.6 Å². The summed E-state index contributed by atoms with van der Waals surface area (Å²) in [7, 11) is 1.79. The van der Waals surface area contributed by atoms with Gasteiger partial charge in [0.25, 0.3) is 0 Å². The molecule has 19 heavy (non-hydrogen) atoms. The molecule has 1 atom stereocenters. The number of aliphatic hydroxyl groups is 1. The number of hydrogen-bond donors (Lipinski definition) is 2. The second kappa shape index (κ2) is 4.59. The second-order valence-electron chi connectivity index (χ2n) is 4.89. The normalized spacial score (nSPS) is 19.7. The molecule has 1 fully saturated rings. The number of hydrogen-bond acceptors (Lipinski definition) is 2.